The monoisotopic (exact) mass is 576 g/mol. The molecule has 1 amide bonds. The van der Waals surface area contributed by atoms with Crippen LogP contribution in [0.15, 0.2) is 24.0 Å². The summed E-state index contributed by atoms with van der Waals surface area (Å²) in [5.41, 5.74) is 0. The number of amides is 1. The first-order chi connectivity index (χ1) is 17.6. The molecule has 0 radical (unpaired) electrons. The molecule has 4 unspecified atom stereocenters. The number of hydrogen-bond donors (Lipinski definition) is 2. The van der Waals surface area contributed by atoms with Gasteiger partial charge in [-0.25, -0.2) is 4.98 Å². The van der Waals surface area contributed by atoms with Crippen LogP contribution in [0.1, 0.15) is 30.8 Å². The minimum absolute atomic E-state index is 0.00919. The maximum Gasteiger partial charge on any atom is 0.405 e. The highest BCUT2D eigenvalue weighted by atomic mass is 35.5. The summed E-state index contributed by atoms with van der Waals surface area (Å²) < 4.78 is 38.3. The molecule has 4 rings (SSSR count). The van der Waals surface area contributed by atoms with Gasteiger partial charge in [-0.15, -0.1) is 21.5 Å². The van der Waals surface area contributed by atoms with E-state index in [1.54, 1.807) is 13.1 Å². The number of nitrogens with zero attached hydrogens (tertiary/aromatic N) is 8. The topological polar surface area (TPSA) is 135 Å². The lowest BCUT2D eigenvalue weighted by atomic mass is 9.88. The van der Waals surface area contributed by atoms with Crippen molar-refractivity contribution in [2.24, 2.45) is 11.8 Å². The highest BCUT2D eigenvalue weighted by Crippen LogP contribution is 2.41. The SMILES string of the molecule is CC(CC1CC(c2nccs2)N(c2cnnc(Cl)n2)C1)C(Nc1cnnc(Cl)n1)C(=O)NCC(F)(F)F. The largest absolute Gasteiger partial charge is 0.405 e. The maximum atomic E-state index is 12.8. The smallest absolute Gasteiger partial charge is 0.357 e. The number of carbonyl (C=O) groups is 1. The first-order valence-electron chi connectivity index (χ1n) is 11.1. The molecule has 3 aromatic heterocycles. The number of halogens is 5. The number of aromatic nitrogens is 7. The molecule has 37 heavy (non-hydrogen) atoms. The van der Waals surface area contributed by atoms with E-state index in [-0.39, 0.29) is 28.3 Å². The summed E-state index contributed by atoms with van der Waals surface area (Å²) in [6, 6.07) is -1.15. The molecule has 0 saturated carbocycles. The predicted octanol–water partition coefficient (Wildman–Crippen LogP) is 3.57. The summed E-state index contributed by atoms with van der Waals surface area (Å²) in [5, 5.41) is 22.2. The molecule has 0 aromatic carbocycles. The Kier molecular flexibility index (Phi) is 8.54. The molecule has 1 aliphatic heterocycles. The van der Waals surface area contributed by atoms with Crippen LogP contribution >= 0.6 is 34.5 Å². The molecule has 17 heteroatoms. The van der Waals surface area contributed by atoms with Crippen LogP contribution < -0.4 is 15.5 Å². The molecule has 1 saturated heterocycles. The Morgan fingerprint density at radius 1 is 1.22 bits per heavy atom. The van der Waals surface area contributed by atoms with E-state index in [9.17, 15) is 18.0 Å². The second-order valence-corrected chi connectivity index (χ2v) is 10.1. The molecule has 11 nitrogen and oxygen atoms in total. The number of thiazole rings is 1. The molecular formula is C20H21Cl2F3N10OS. The number of hydrogen-bond acceptors (Lipinski definition) is 11. The Bertz CT molecular complexity index is 1210. The minimum Gasteiger partial charge on any atom is -0.357 e. The Labute approximate surface area is 223 Å². The van der Waals surface area contributed by atoms with E-state index in [4.69, 9.17) is 23.2 Å². The van der Waals surface area contributed by atoms with Gasteiger partial charge in [0.1, 0.15) is 17.6 Å². The van der Waals surface area contributed by atoms with Crippen molar-refractivity contribution in [3.05, 3.63) is 39.5 Å². The molecule has 0 spiro atoms. The zero-order valence-corrected chi connectivity index (χ0v) is 21.6. The molecule has 0 aliphatic carbocycles. The number of nitrogens with one attached hydrogen (secondary N) is 2. The third-order valence-electron chi connectivity index (χ3n) is 5.79. The zero-order chi connectivity index (χ0) is 26.6. The molecule has 1 fully saturated rings. The molecule has 198 valence electrons. The zero-order valence-electron chi connectivity index (χ0n) is 19.2. The van der Waals surface area contributed by atoms with Gasteiger partial charge >= 0.3 is 6.18 Å². The normalized spacial score (nSPS) is 19.5. The lowest BCUT2D eigenvalue weighted by molar-refractivity contribution is -0.139. The minimum atomic E-state index is -4.55. The highest BCUT2D eigenvalue weighted by molar-refractivity contribution is 7.09. The molecular weight excluding hydrogens is 556 g/mol. The Morgan fingerprint density at radius 2 is 1.95 bits per heavy atom. The summed E-state index contributed by atoms with van der Waals surface area (Å²) >= 11 is 13.2. The fourth-order valence-corrected chi connectivity index (χ4v) is 5.36. The van der Waals surface area contributed by atoms with Gasteiger partial charge in [0, 0.05) is 18.1 Å². The lowest BCUT2D eigenvalue weighted by Gasteiger charge is -2.27. The van der Waals surface area contributed by atoms with Crippen molar-refractivity contribution in [3.8, 4) is 0 Å². The molecule has 4 heterocycles. The summed E-state index contributed by atoms with van der Waals surface area (Å²) in [5.74, 6) is -0.526. The maximum absolute atomic E-state index is 12.8. The Hall–Kier alpha value is -2.91. The van der Waals surface area contributed by atoms with E-state index in [0.717, 1.165) is 5.01 Å². The van der Waals surface area contributed by atoms with Crippen molar-refractivity contribution < 1.29 is 18.0 Å². The molecule has 3 aromatic rings. The number of rotatable bonds is 9. The average Bonchev–Trinajstić information content (AvgIpc) is 3.51. The fraction of sp³-hybridized carbons (Fsp3) is 0.500. The van der Waals surface area contributed by atoms with Crippen molar-refractivity contribution in [2.75, 3.05) is 23.3 Å². The van der Waals surface area contributed by atoms with E-state index in [2.05, 4.69) is 40.7 Å². The number of carbonyl (C=O) groups excluding carboxylic acids is 1. The molecule has 4 atom stereocenters. The number of alkyl halides is 3. The van der Waals surface area contributed by atoms with Crippen LogP contribution in [0, 0.1) is 11.8 Å². The summed E-state index contributed by atoms with van der Waals surface area (Å²) in [4.78, 5) is 27.5. The van der Waals surface area contributed by atoms with Gasteiger partial charge in [-0.1, -0.05) is 6.92 Å². The van der Waals surface area contributed by atoms with Gasteiger partial charge in [0.2, 0.25) is 16.5 Å². The van der Waals surface area contributed by atoms with Crippen molar-refractivity contribution >= 4 is 52.1 Å². The van der Waals surface area contributed by atoms with Gasteiger partial charge in [-0.05, 0) is 47.9 Å². The third kappa shape index (κ3) is 7.32. The van der Waals surface area contributed by atoms with Crippen LogP contribution in [-0.2, 0) is 4.79 Å². The van der Waals surface area contributed by atoms with Crippen LogP contribution in [-0.4, -0.2) is 66.6 Å². The molecule has 2 N–H and O–H groups in total. The lowest BCUT2D eigenvalue weighted by Crippen LogP contribution is -2.47. The highest BCUT2D eigenvalue weighted by Gasteiger charge is 2.39. The van der Waals surface area contributed by atoms with E-state index < -0.39 is 30.6 Å². The predicted molar refractivity (Wildman–Crippen MR) is 130 cm³/mol. The first-order valence-corrected chi connectivity index (χ1v) is 12.7. The van der Waals surface area contributed by atoms with Crippen LogP contribution in [0.5, 0.6) is 0 Å². The van der Waals surface area contributed by atoms with Crippen LogP contribution in [0.3, 0.4) is 0 Å². The second-order valence-electron chi connectivity index (χ2n) is 8.50. The van der Waals surface area contributed by atoms with E-state index in [1.807, 2.05) is 15.6 Å². The fourth-order valence-electron chi connectivity index (χ4n) is 4.33. The van der Waals surface area contributed by atoms with Gasteiger partial charge < -0.3 is 15.5 Å². The van der Waals surface area contributed by atoms with Gasteiger partial charge in [0.05, 0.1) is 18.4 Å². The quantitative estimate of drug-likeness (QED) is 0.389. The van der Waals surface area contributed by atoms with E-state index in [1.165, 1.54) is 23.7 Å². The first kappa shape index (κ1) is 27.1. The molecule has 1 aliphatic rings. The van der Waals surface area contributed by atoms with Crippen LogP contribution in [0.4, 0.5) is 24.8 Å². The Balaban J connectivity index is 1.52. The summed E-state index contributed by atoms with van der Waals surface area (Å²) in [6.45, 7) is 0.872. The van der Waals surface area contributed by atoms with Gasteiger partial charge in [-0.3, -0.25) is 4.79 Å². The van der Waals surface area contributed by atoms with Gasteiger partial charge in [-0.2, -0.15) is 33.3 Å². The van der Waals surface area contributed by atoms with Crippen LogP contribution in [0.2, 0.25) is 10.6 Å². The van der Waals surface area contributed by atoms with Crippen LogP contribution in [0.25, 0.3) is 0 Å². The van der Waals surface area contributed by atoms with Gasteiger partial charge in [0.25, 0.3) is 0 Å². The van der Waals surface area contributed by atoms with Crippen molar-refractivity contribution in [3.63, 3.8) is 0 Å². The average molecular weight is 577 g/mol. The van der Waals surface area contributed by atoms with Crippen molar-refractivity contribution in [1.82, 2.24) is 40.7 Å². The third-order valence-corrected chi connectivity index (χ3v) is 6.99. The summed E-state index contributed by atoms with van der Waals surface area (Å²) in [7, 11) is 0. The second kappa shape index (κ2) is 11.6. The summed E-state index contributed by atoms with van der Waals surface area (Å²) in [6.07, 6.45) is 1.09. The van der Waals surface area contributed by atoms with E-state index in [0.29, 0.717) is 25.2 Å². The standard InChI is InChI=1S/C20H21Cl2F3N10OS/c1-10(15(16(36)27-9-20(23,24)25)30-13-6-28-33-18(21)31-13)4-11-5-12(17-26-2-3-37-17)35(8-11)14-7-29-34-19(22)32-14/h2-3,6-7,10-12,15H,4-5,8-9H2,1H3,(H,27,36)(H,30,31,33). The molecule has 0 bridgehead atoms. The Morgan fingerprint density at radius 3 is 2.59 bits per heavy atom. The number of anilines is 2. The van der Waals surface area contributed by atoms with Crippen molar-refractivity contribution in [1.29, 1.82) is 0 Å². The van der Waals surface area contributed by atoms with Crippen molar-refractivity contribution in [2.45, 2.75) is 38.0 Å². The van der Waals surface area contributed by atoms with Gasteiger partial charge in [0.15, 0.2) is 11.6 Å². The van der Waals surface area contributed by atoms with E-state index >= 15 is 0 Å².